The molecular formula is C21H14N2O8. The Morgan fingerprint density at radius 3 is 1.45 bits per heavy atom. The van der Waals surface area contributed by atoms with Crippen LogP contribution < -0.4 is 0 Å². The van der Waals surface area contributed by atoms with E-state index in [9.17, 15) is 39.6 Å². The van der Waals surface area contributed by atoms with Crippen molar-refractivity contribution in [2.24, 2.45) is 0 Å². The lowest BCUT2D eigenvalue weighted by atomic mass is 9.88. The number of carboxylic acids is 4. The molecule has 4 rings (SSSR count). The van der Waals surface area contributed by atoms with E-state index in [-0.39, 0.29) is 10.8 Å². The minimum atomic E-state index is -1.83. The Morgan fingerprint density at radius 2 is 1.03 bits per heavy atom. The van der Waals surface area contributed by atoms with Crippen LogP contribution in [0.25, 0.3) is 21.8 Å². The lowest BCUT2D eigenvalue weighted by molar-refractivity contribution is 0.0621. The number of carboxylic acid groups (broad SMARTS) is 4. The molecule has 1 aromatic heterocycles. The van der Waals surface area contributed by atoms with E-state index in [0.29, 0.717) is 0 Å². The fourth-order valence-corrected chi connectivity index (χ4v) is 3.19. The number of benzene rings is 3. The maximum atomic E-state index is 11.4. The first kappa shape index (κ1) is 21.0. The molecule has 10 nitrogen and oxygen atoms in total. The summed E-state index contributed by atoms with van der Waals surface area (Å²) in [5, 5.41) is 36.6. The van der Waals surface area contributed by atoms with Crippen molar-refractivity contribution >= 4 is 45.7 Å². The Labute approximate surface area is 173 Å². The summed E-state index contributed by atoms with van der Waals surface area (Å²) in [6, 6.07) is 13.2. The number of fused-ring (bicyclic) bond motifs is 2. The van der Waals surface area contributed by atoms with Gasteiger partial charge in [0.15, 0.2) is 0 Å². The van der Waals surface area contributed by atoms with Crippen LogP contribution in [-0.2, 0) is 0 Å². The van der Waals surface area contributed by atoms with E-state index in [1.165, 1.54) is 24.3 Å². The zero-order valence-corrected chi connectivity index (χ0v) is 15.6. The Hall–Kier alpha value is -4.73. The maximum absolute atomic E-state index is 11.4. The monoisotopic (exact) mass is 422 g/mol. The van der Waals surface area contributed by atoms with Crippen LogP contribution in [0.15, 0.2) is 54.9 Å². The third kappa shape index (κ3) is 3.90. The lowest BCUT2D eigenvalue weighted by Crippen LogP contribution is -2.20. The van der Waals surface area contributed by atoms with Gasteiger partial charge in [0, 0.05) is 0 Å². The van der Waals surface area contributed by atoms with E-state index in [1.807, 2.05) is 24.3 Å². The molecule has 4 aromatic rings. The van der Waals surface area contributed by atoms with Gasteiger partial charge in [-0.15, -0.1) is 0 Å². The summed E-state index contributed by atoms with van der Waals surface area (Å²) in [7, 11) is 0. The van der Waals surface area contributed by atoms with Gasteiger partial charge >= 0.3 is 23.9 Å². The first-order chi connectivity index (χ1) is 14.7. The highest BCUT2D eigenvalue weighted by atomic mass is 16.4. The Balaban J connectivity index is 0.000000248. The molecule has 3 aromatic carbocycles. The first-order valence-corrected chi connectivity index (χ1v) is 8.64. The van der Waals surface area contributed by atoms with Gasteiger partial charge in [-0.1, -0.05) is 36.4 Å². The third-order valence-corrected chi connectivity index (χ3v) is 4.40. The minimum absolute atomic E-state index is 0.158. The molecule has 0 saturated carbocycles. The normalized spacial score (nSPS) is 10.3. The molecule has 0 saturated heterocycles. The van der Waals surface area contributed by atoms with Crippen molar-refractivity contribution in [1.82, 2.24) is 9.97 Å². The number of para-hydroxylation sites is 2. The summed E-state index contributed by atoms with van der Waals surface area (Å²) in [4.78, 5) is 52.6. The number of hydrogen-bond acceptors (Lipinski definition) is 5. The molecule has 0 aliphatic heterocycles. The van der Waals surface area contributed by atoms with Crippen LogP contribution in [0.5, 0.6) is 0 Å². The summed E-state index contributed by atoms with van der Waals surface area (Å²) in [5.41, 5.74) is -1.52. The van der Waals surface area contributed by atoms with Crippen LogP contribution in [0.3, 0.4) is 0 Å². The molecule has 0 atom stereocenters. The number of nitrogens with one attached hydrogen (secondary N) is 1. The summed E-state index contributed by atoms with van der Waals surface area (Å²) >= 11 is 0. The van der Waals surface area contributed by atoms with Crippen LogP contribution in [0.1, 0.15) is 41.4 Å². The second-order valence-corrected chi connectivity index (χ2v) is 6.19. The summed E-state index contributed by atoms with van der Waals surface area (Å²) in [6.45, 7) is 0. The van der Waals surface area contributed by atoms with Crippen molar-refractivity contribution in [2.45, 2.75) is 0 Å². The topological polar surface area (TPSA) is 178 Å². The van der Waals surface area contributed by atoms with Crippen LogP contribution >= 0.6 is 0 Å². The number of aromatic amines is 1. The Morgan fingerprint density at radius 1 is 0.613 bits per heavy atom. The van der Waals surface area contributed by atoms with Gasteiger partial charge in [0.2, 0.25) is 0 Å². The smallest absolute Gasteiger partial charge is 0.337 e. The molecule has 0 amide bonds. The number of aromatic nitrogens is 2. The van der Waals surface area contributed by atoms with Gasteiger partial charge in [0.1, 0.15) is 0 Å². The molecule has 10 heteroatoms. The van der Waals surface area contributed by atoms with Crippen molar-refractivity contribution in [1.29, 1.82) is 0 Å². The zero-order valence-electron chi connectivity index (χ0n) is 15.6. The number of rotatable bonds is 4. The van der Waals surface area contributed by atoms with E-state index in [1.54, 1.807) is 6.33 Å². The Bertz CT molecular complexity index is 1260. The predicted octanol–water partition coefficient (Wildman–Crippen LogP) is 3.20. The van der Waals surface area contributed by atoms with Crippen molar-refractivity contribution in [3.05, 3.63) is 77.1 Å². The summed E-state index contributed by atoms with van der Waals surface area (Å²) in [5.74, 6) is -6.98. The molecular weight excluding hydrogens is 408 g/mol. The Kier molecular flexibility index (Phi) is 5.64. The lowest BCUT2D eigenvalue weighted by Gasteiger charge is -2.14. The zero-order chi connectivity index (χ0) is 22.7. The standard InChI is InChI=1S/C14H8O8.C7H6N2/c15-11(16)7-5-3-1-2-4-6(5)8(12(17)18)10(14(21)22)9(7)13(19)20;1-2-4-7-6(3-1)8-5-9-7/h1-4H,(H,15,16)(H,17,18)(H,19,20)(H,21,22);1-5H,(H,8,9). The molecule has 31 heavy (non-hydrogen) atoms. The fourth-order valence-electron chi connectivity index (χ4n) is 3.19. The highest BCUT2D eigenvalue weighted by Crippen LogP contribution is 2.31. The SMILES string of the molecule is O=C(O)c1c(C(=O)O)c(C(=O)O)c2ccccc2c1C(=O)O.c1ccc2[nH]cnc2c1. The first-order valence-electron chi connectivity index (χ1n) is 8.64. The quantitative estimate of drug-likeness (QED) is 0.330. The van der Waals surface area contributed by atoms with Crippen molar-refractivity contribution in [3.63, 3.8) is 0 Å². The fraction of sp³-hybridized carbons (Fsp3) is 0. The van der Waals surface area contributed by atoms with Crippen LogP contribution in [-0.4, -0.2) is 54.3 Å². The second-order valence-electron chi connectivity index (χ2n) is 6.19. The molecule has 156 valence electrons. The minimum Gasteiger partial charge on any atom is -0.478 e. The number of hydrogen-bond donors (Lipinski definition) is 5. The van der Waals surface area contributed by atoms with Crippen molar-refractivity contribution in [3.8, 4) is 0 Å². The summed E-state index contributed by atoms with van der Waals surface area (Å²) in [6.07, 6.45) is 1.70. The molecule has 0 unspecified atom stereocenters. The summed E-state index contributed by atoms with van der Waals surface area (Å²) < 4.78 is 0. The van der Waals surface area contributed by atoms with Gasteiger partial charge in [-0.05, 0) is 22.9 Å². The highest BCUT2D eigenvalue weighted by molar-refractivity contribution is 6.23. The molecule has 0 aliphatic carbocycles. The van der Waals surface area contributed by atoms with Crippen molar-refractivity contribution < 1.29 is 39.6 Å². The van der Waals surface area contributed by atoms with Gasteiger partial charge < -0.3 is 25.4 Å². The second kappa shape index (κ2) is 8.33. The van der Waals surface area contributed by atoms with Crippen LogP contribution in [0.4, 0.5) is 0 Å². The van der Waals surface area contributed by atoms with E-state index in [4.69, 9.17) is 0 Å². The van der Waals surface area contributed by atoms with E-state index in [2.05, 4.69) is 9.97 Å². The average Bonchev–Trinajstić information content (AvgIpc) is 3.20. The molecule has 0 aliphatic rings. The van der Waals surface area contributed by atoms with Crippen LogP contribution in [0.2, 0.25) is 0 Å². The number of H-pyrrole nitrogens is 1. The van der Waals surface area contributed by atoms with Crippen molar-refractivity contribution in [2.75, 3.05) is 0 Å². The molecule has 0 spiro atoms. The number of imidazole rings is 1. The molecule has 0 bridgehead atoms. The van der Waals surface area contributed by atoms with Crippen LogP contribution in [0, 0.1) is 0 Å². The van der Waals surface area contributed by atoms with Gasteiger partial charge in [-0.2, -0.15) is 0 Å². The predicted molar refractivity (Wildman–Crippen MR) is 108 cm³/mol. The molecule has 0 fully saturated rings. The van der Waals surface area contributed by atoms with Gasteiger partial charge in [-0.3, -0.25) is 0 Å². The third-order valence-electron chi connectivity index (χ3n) is 4.40. The molecule has 5 N–H and O–H groups in total. The van der Waals surface area contributed by atoms with E-state index >= 15 is 0 Å². The average molecular weight is 422 g/mol. The van der Waals surface area contributed by atoms with E-state index < -0.39 is 46.1 Å². The van der Waals surface area contributed by atoms with Gasteiger partial charge in [0.25, 0.3) is 0 Å². The maximum Gasteiger partial charge on any atom is 0.337 e. The molecule has 0 radical (unpaired) electrons. The molecule has 1 heterocycles. The highest BCUT2D eigenvalue weighted by Gasteiger charge is 2.32. The van der Waals surface area contributed by atoms with E-state index in [0.717, 1.165) is 11.0 Å². The largest absolute Gasteiger partial charge is 0.478 e. The number of carbonyl (C=O) groups is 4. The van der Waals surface area contributed by atoms with Gasteiger partial charge in [0.05, 0.1) is 39.6 Å². The van der Waals surface area contributed by atoms with Gasteiger partial charge in [-0.25, -0.2) is 24.2 Å². The number of nitrogens with zero attached hydrogens (tertiary/aromatic N) is 1. The number of aromatic carboxylic acids is 4.